The molecule has 0 radical (unpaired) electrons. The molecule has 0 aromatic rings. The first-order valence-corrected chi connectivity index (χ1v) is 8.89. The monoisotopic (exact) mass is 381 g/mol. The largest absolute Gasteiger partial charge is 0.394 e. The SMILES string of the molecule is CN(C)C(CO)(CO)C(O)CC(C)(CO)NCC(O)CNC(C)(C)CO. The summed E-state index contributed by atoms with van der Waals surface area (Å²) >= 11 is 0. The molecule has 0 aromatic heterocycles. The normalized spacial score (nSPS) is 18.0. The summed E-state index contributed by atoms with van der Waals surface area (Å²) in [5.74, 6) is 0. The minimum absolute atomic E-state index is 0.0606. The standard InChI is InChI=1S/C17H39N3O6/c1-15(2,9-21)18-7-13(25)8-19-16(3,10-22)6-14(26)17(11-23,12-24)20(4)5/h13-14,18-19,21-26H,6-12H2,1-5H3. The highest BCUT2D eigenvalue weighted by Crippen LogP contribution is 2.24. The third-order valence-electron chi connectivity index (χ3n) is 5.03. The number of aliphatic hydroxyl groups excluding tert-OH is 6. The zero-order valence-corrected chi connectivity index (χ0v) is 16.7. The average Bonchev–Trinajstić information content (AvgIpc) is 2.59. The molecule has 0 fully saturated rings. The molecule has 0 heterocycles. The molecule has 158 valence electrons. The zero-order valence-electron chi connectivity index (χ0n) is 16.7. The highest BCUT2D eigenvalue weighted by Gasteiger charge is 2.42. The van der Waals surface area contributed by atoms with Crippen molar-refractivity contribution in [3.63, 3.8) is 0 Å². The molecular formula is C17H39N3O6. The lowest BCUT2D eigenvalue weighted by molar-refractivity contribution is -0.0863. The number of hydrogen-bond acceptors (Lipinski definition) is 9. The number of nitrogens with zero attached hydrogens (tertiary/aromatic N) is 1. The van der Waals surface area contributed by atoms with Crippen molar-refractivity contribution < 1.29 is 30.6 Å². The van der Waals surface area contributed by atoms with Crippen LogP contribution in [0.1, 0.15) is 27.2 Å². The maximum absolute atomic E-state index is 10.6. The van der Waals surface area contributed by atoms with Gasteiger partial charge in [-0.05, 0) is 41.3 Å². The predicted molar refractivity (Wildman–Crippen MR) is 99.9 cm³/mol. The lowest BCUT2D eigenvalue weighted by Gasteiger charge is -2.44. The number of rotatable bonds is 14. The van der Waals surface area contributed by atoms with Crippen molar-refractivity contribution in [1.29, 1.82) is 0 Å². The van der Waals surface area contributed by atoms with Gasteiger partial charge in [-0.25, -0.2) is 0 Å². The van der Waals surface area contributed by atoms with E-state index in [1.54, 1.807) is 25.9 Å². The van der Waals surface area contributed by atoms with E-state index in [2.05, 4.69) is 10.6 Å². The van der Waals surface area contributed by atoms with Crippen molar-refractivity contribution >= 4 is 0 Å². The smallest absolute Gasteiger partial charge is 0.0930 e. The van der Waals surface area contributed by atoms with Crippen molar-refractivity contribution in [2.75, 3.05) is 53.6 Å². The Morgan fingerprint density at radius 1 is 0.808 bits per heavy atom. The van der Waals surface area contributed by atoms with Crippen LogP contribution in [0.25, 0.3) is 0 Å². The number of nitrogens with one attached hydrogen (secondary N) is 2. The summed E-state index contributed by atoms with van der Waals surface area (Å²) in [5, 5.41) is 65.1. The summed E-state index contributed by atoms with van der Waals surface area (Å²) in [6, 6.07) is 0. The van der Waals surface area contributed by atoms with Crippen LogP contribution < -0.4 is 10.6 Å². The summed E-state index contributed by atoms with van der Waals surface area (Å²) in [5.41, 5.74) is -2.66. The number of β-amino-alcohol motifs (C(OH)–C–C–N with tert-alkyl or cyclic N) is 1. The van der Waals surface area contributed by atoms with Gasteiger partial charge in [-0.2, -0.15) is 0 Å². The predicted octanol–water partition coefficient (Wildman–Crippen LogP) is -2.92. The fourth-order valence-corrected chi connectivity index (χ4v) is 2.54. The van der Waals surface area contributed by atoms with Crippen LogP contribution in [0, 0.1) is 0 Å². The molecule has 0 bridgehead atoms. The zero-order chi connectivity index (χ0) is 20.6. The van der Waals surface area contributed by atoms with E-state index in [9.17, 15) is 30.6 Å². The molecule has 0 spiro atoms. The van der Waals surface area contributed by atoms with Crippen LogP contribution in [0.5, 0.6) is 0 Å². The highest BCUT2D eigenvalue weighted by molar-refractivity contribution is 4.99. The van der Waals surface area contributed by atoms with E-state index in [-0.39, 0.29) is 32.7 Å². The Balaban J connectivity index is 4.82. The minimum Gasteiger partial charge on any atom is -0.394 e. The molecule has 0 aliphatic carbocycles. The Hall–Kier alpha value is -0.360. The summed E-state index contributed by atoms with van der Waals surface area (Å²) in [4.78, 5) is 1.56. The van der Waals surface area contributed by atoms with Gasteiger partial charge in [-0.15, -0.1) is 0 Å². The Bertz CT molecular complexity index is 393. The van der Waals surface area contributed by atoms with Gasteiger partial charge in [0, 0.05) is 24.2 Å². The van der Waals surface area contributed by atoms with Crippen molar-refractivity contribution in [2.24, 2.45) is 0 Å². The third kappa shape index (κ3) is 7.34. The molecule has 0 aliphatic heterocycles. The maximum atomic E-state index is 10.6. The second-order valence-electron chi connectivity index (χ2n) is 8.21. The van der Waals surface area contributed by atoms with Gasteiger partial charge in [-0.1, -0.05) is 0 Å². The van der Waals surface area contributed by atoms with Gasteiger partial charge in [0.15, 0.2) is 0 Å². The quantitative estimate of drug-likeness (QED) is 0.158. The summed E-state index contributed by atoms with van der Waals surface area (Å²) in [7, 11) is 3.30. The highest BCUT2D eigenvalue weighted by atomic mass is 16.3. The Morgan fingerprint density at radius 2 is 1.31 bits per heavy atom. The lowest BCUT2D eigenvalue weighted by atomic mass is 9.83. The molecule has 0 saturated heterocycles. The molecule has 0 saturated carbocycles. The van der Waals surface area contributed by atoms with Crippen LogP contribution in [0.15, 0.2) is 0 Å². The second kappa shape index (κ2) is 10.8. The fourth-order valence-electron chi connectivity index (χ4n) is 2.54. The van der Waals surface area contributed by atoms with Crippen LogP contribution in [0.3, 0.4) is 0 Å². The first-order valence-electron chi connectivity index (χ1n) is 8.89. The molecule has 9 nitrogen and oxygen atoms in total. The van der Waals surface area contributed by atoms with Gasteiger partial charge in [0.05, 0.1) is 44.2 Å². The van der Waals surface area contributed by atoms with Crippen LogP contribution in [0.2, 0.25) is 0 Å². The van der Waals surface area contributed by atoms with Crippen molar-refractivity contribution in [1.82, 2.24) is 15.5 Å². The van der Waals surface area contributed by atoms with E-state index in [0.29, 0.717) is 0 Å². The van der Waals surface area contributed by atoms with Gasteiger partial charge in [-0.3, -0.25) is 4.90 Å². The Morgan fingerprint density at radius 3 is 1.69 bits per heavy atom. The van der Waals surface area contributed by atoms with Gasteiger partial charge in [0.1, 0.15) is 0 Å². The molecule has 0 amide bonds. The third-order valence-corrected chi connectivity index (χ3v) is 5.03. The fraction of sp³-hybridized carbons (Fsp3) is 1.00. The molecule has 26 heavy (non-hydrogen) atoms. The van der Waals surface area contributed by atoms with E-state index in [4.69, 9.17) is 0 Å². The Kier molecular flexibility index (Phi) is 10.7. The molecule has 3 unspecified atom stereocenters. The number of likely N-dealkylation sites (N-methyl/N-ethyl adjacent to an activating group) is 1. The number of hydrogen-bond donors (Lipinski definition) is 8. The molecule has 0 aliphatic rings. The first-order chi connectivity index (χ1) is 11.9. The van der Waals surface area contributed by atoms with Crippen molar-refractivity contribution in [3.05, 3.63) is 0 Å². The van der Waals surface area contributed by atoms with E-state index in [1.807, 2.05) is 13.8 Å². The Labute approximate surface area is 156 Å². The van der Waals surface area contributed by atoms with Crippen LogP contribution in [-0.4, -0.2) is 118 Å². The average molecular weight is 382 g/mol. The summed E-state index contributed by atoms with van der Waals surface area (Å²) in [6.45, 7) is 4.48. The van der Waals surface area contributed by atoms with E-state index in [1.165, 1.54) is 0 Å². The molecule has 8 N–H and O–H groups in total. The lowest BCUT2D eigenvalue weighted by Crippen LogP contribution is -2.63. The maximum Gasteiger partial charge on any atom is 0.0930 e. The topological polar surface area (TPSA) is 149 Å². The van der Waals surface area contributed by atoms with E-state index < -0.39 is 42.0 Å². The molecular weight excluding hydrogens is 342 g/mol. The summed E-state index contributed by atoms with van der Waals surface area (Å²) < 4.78 is 0. The summed E-state index contributed by atoms with van der Waals surface area (Å²) in [6.07, 6.45) is -1.82. The van der Waals surface area contributed by atoms with Crippen LogP contribution in [0.4, 0.5) is 0 Å². The van der Waals surface area contributed by atoms with Crippen molar-refractivity contribution in [3.8, 4) is 0 Å². The van der Waals surface area contributed by atoms with Gasteiger partial charge in [0.2, 0.25) is 0 Å². The molecule has 0 rings (SSSR count). The minimum atomic E-state index is -1.23. The van der Waals surface area contributed by atoms with Gasteiger partial charge < -0.3 is 41.3 Å². The first kappa shape index (κ1) is 25.6. The molecule has 3 atom stereocenters. The van der Waals surface area contributed by atoms with E-state index >= 15 is 0 Å². The number of aliphatic hydroxyl groups is 6. The van der Waals surface area contributed by atoms with E-state index in [0.717, 1.165) is 0 Å². The van der Waals surface area contributed by atoms with Crippen LogP contribution in [-0.2, 0) is 0 Å². The molecule has 0 aromatic carbocycles. The van der Waals surface area contributed by atoms with Crippen molar-refractivity contribution in [2.45, 2.75) is 56.0 Å². The molecule has 9 heteroatoms. The second-order valence-corrected chi connectivity index (χ2v) is 8.21. The van der Waals surface area contributed by atoms with Crippen LogP contribution >= 0.6 is 0 Å². The van der Waals surface area contributed by atoms with Gasteiger partial charge in [0.25, 0.3) is 0 Å². The van der Waals surface area contributed by atoms with Gasteiger partial charge >= 0.3 is 0 Å².